The number of nitrogens with zero attached hydrogens (tertiary/aromatic N) is 1. The minimum atomic E-state index is -0.387. The van der Waals surface area contributed by atoms with Crippen LogP contribution in [-0.4, -0.2) is 0 Å². The molecule has 3 saturated carbocycles. The summed E-state index contributed by atoms with van der Waals surface area (Å²) in [7, 11) is 0. The van der Waals surface area contributed by atoms with E-state index in [-0.39, 0.29) is 5.41 Å². The normalized spacial score (nSPS) is 21.7. The number of rotatable bonds is 7. The second kappa shape index (κ2) is 12.7. The maximum atomic E-state index is 2.48. The molecule has 0 aromatic heterocycles. The first-order valence-electron chi connectivity index (χ1n) is 19.6. The fraction of sp³-hybridized carbons (Fsp3) is 0.280. The summed E-state index contributed by atoms with van der Waals surface area (Å²) in [5, 5.41) is 0. The summed E-state index contributed by atoms with van der Waals surface area (Å²) in [6.07, 6.45) is 12.4. The number of hydrogen-bond donors (Lipinski definition) is 0. The number of anilines is 3. The van der Waals surface area contributed by atoms with Gasteiger partial charge in [0.2, 0.25) is 0 Å². The third kappa shape index (κ3) is 5.11. The predicted octanol–water partition coefficient (Wildman–Crippen LogP) is 13.5. The van der Waals surface area contributed by atoms with Gasteiger partial charge in [-0.25, -0.2) is 0 Å². The Bertz CT molecular complexity index is 2090. The van der Waals surface area contributed by atoms with Crippen molar-refractivity contribution in [2.75, 3.05) is 4.90 Å². The highest BCUT2D eigenvalue weighted by Gasteiger charge is 2.46. The van der Waals surface area contributed by atoms with E-state index in [0.717, 1.165) is 17.8 Å². The van der Waals surface area contributed by atoms with Crippen LogP contribution >= 0.6 is 0 Å². The van der Waals surface area contributed by atoms with E-state index < -0.39 is 0 Å². The van der Waals surface area contributed by atoms with E-state index in [9.17, 15) is 0 Å². The largest absolute Gasteiger partial charge is 0.311 e. The summed E-state index contributed by atoms with van der Waals surface area (Å²) in [6, 6.07) is 57.9. The van der Waals surface area contributed by atoms with Crippen LogP contribution in [0.25, 0.3) is 11.1 Å². The van der Waals surface area contributed by atoms with Crippen LogP contribution in [0.5, 0.6) is 0 Å². The third-order valence-corrected chi connectivity index (χ3v) is 13.3. The lowest BCUT2D eigenvalue weighted by Gasteiger charge is -2.34. The van der Waals surface area contributed by atoms with Crippen LogP contribution in [0.2, 0.25) is 0 Å². The lowest BCUT2D eigenvalue weighted by Crippen LogP contribution is -2.28. The molecule has 3 unspecified atom stereocenters. The number of hydrogen-bond acceptors (Lipinski definition) is 1. The molecule has 6 aromatic carbocycles. The minimum Gasteiger partial charge on any atom is -0.311 e. The summed E-state index contributed by atoms with van der Waals surface area (Å²) >= 11 is 0. The van der Waals surface area contributed by atoms with Crippen LogP contribution in [0.3, 0.4) is 0 Å². The van der Waals surface area contributed by atoms with Crippen LogP contribution in [0.15, 0.2) is 152 Å². The molecule has 2 bridgehead atoms. The molecule has 3 fully saturated rings. The lowest BCUT2D eigenvalue weighted by molar-refractivity contribution is 0.420. The Morgan fingerprint density at radius 3 is 1.53 bits per heavy atom. The average Bonchev–Trinajstić information content (AvgIpc) is 3.93. The van der Waals surface area contributed by atoms with Gasteiger partial charge in [0.15, 0.2) is 0 Å². The molecular formula is C50H47N. The molecule has 0 radical (unpaired) electrons. The van der Waals surface area contributed by atoms with E-state index in [1.165, 1.54) is 119 Å². The van der Waals surface area contributed by atoms with Crippen molar-refractivity contribution >= 4 is 17.1 Å². The highest BCUT2D eigenvalue weighted by molar-refractivity contribution is 5.86. The molecule has 252 valence electrons. The average molecular weight is 662 g/mol. The van der Waals surface area contributed by atoms with Gasteiger partial charge < -0.3 is 4.90 Å². The summed E-state index contributed by atoms with van der Waals surface area (Å²) in [5.41, 5.74) is 14.3. The molecule has 0 spiro atoms. The van der Waals surface area contributed by atoms with E-state index in [2.05, 4.69) is 157 Å². The Kier molecular flexibility index (Phi) is 7.70. The van der Waals surface area contributed by atoms with E-state index in [4.69, 9.17) is 0 Å². The first-order valence-corrected chi connectivity index (χ1v) is 19.6. The number of fused-ring (bicyclic) bond motifs is 5. The topological polar surface area (TPSA) is 3.24 Å². The molecule has 10 rings (SSSR count). The molecule has 51 heavy (non-hydrogen) atoms. The molecule has 0 N–H and O–H groups in total. The minimum absolute atomic E-state index is 0.387. The van der Waals surface area contributed by atoms with Crippen molar-refractivity contribution in [3.05, 3.63) is 185 Å². The van der Waals surface area contributed by atoms with Crippen molar-refractivity contribution in [3.63, 3.8) is 0 Å². The Labute approximate surface area is 304 Å². The second-order valence-corrected chi connectivity index (χ2v) is 15.9. The molecular weight excluding hydrogens is 615 g/mol. The van der Waals surface area contributed by atoms with Gasteiger partial charge in [0.25, 0.3) is 0 Å². The van der Waals surface area contributed by atoms with Crippen LogP contribution in [0, 0.1) is 11.8 Å². The highest BCUT2D eigenvalue weighted by Crippen LogP contribution is 2.56. The fourth-order valence-corrected chi connectivity index (χ4v) is 10.9. The second-order valence-electron chi connectivity index (χ2n) is 15.9. The quantitative estimate of drug-likeness (QED) is 0.164. The van der Waals surface area contributed by atoms with Gasteiger partial charge in [0.05, 0.1) is 5.41 Å². The van der Waals surface area contributed by atoms with Crippen molar-refractivity contribution < 1.29 is 0 Å². The van der Waals surface area contributed by atoms with Gasteiger partial charge in [-0.15, -0.1) is 0 Å². The Morgan fingerprint density at radius 1 is 0.431 bits per heavy atom. The van der Waals surface area contributed by atoms with Crippen LogP contribution < -0.4 is 4.90 Å². The van der Waals surface area contributed by atoms with Crippen molar-refractivity contribution in [1.82, 2.24) is 0 Å². The zero-order chi connectivity index (χ0) is 33.8. The van der Waals surface area contributed by atoms with Gasteiger partial charge in [-0.3, -0.25) is 0 Å². The van der Waals surface area contributed by atoms with Gasteiger partial charge in [-0.05, 0) is 137 Å². The zero-order valence-corrected chi connectivity index (χ0v) is 29.6. The van der Waals surface area contributed by atoms with Crippen molar-refractivity contribution in [2.24, 2.45) is 11.8 Å². The smallest absolute Gasteiger partial charge is 0.0713 e. The summed E-state index contributed by atoms with van der Waals surface area (Å²) < 4.78 is 0. The van der Waals surface area contributed by atoms with Crippen molar-refractivity contribution in [2.45, 2.75) is 75.0 Å². The summed E-state index contributed by atoms with van der Waals surface area (Å²) in [4.78, 5) is 2.48. The number of benzene rings is 6. The first kappa shape index (κ1) is 30.9. The van der Waals surface area contributed by atoms with Crippen LogP contribution in [0.4, 0.5) is 17.1 Å². The Balaban J connectivity index is 1.07. The molecule has 3 atom stereocenters. The standard InChI is InChI=1S/C50H47N/c1-3-11-36(12-4-1)37-21-27-42(28-22-37)51(43-29-23-38(24-30-43)47-34-35-19-20-39(47)33-35)44-31-25-41(26-32-44)50(40-13-5-2-6-14-40)48-17-9-7-15-45(48)46-16-8-10-18-49(46)50/h2,5-10,13-18,21-32,35-36,39,47H,1,3-4,11-12,19-20,33-34H2. The molecule has 0 aliphatic heterocycles. The Hall–Kier alpha value is -4.88. The maximum Gasteiger partial charge on any atom is 0.0713 e. The fourth-order valence-electron chi connectivity index (χ4n) is 10.9. The van der Waals surface area contributed by atoms with E-state index in [1.54, 1.807) is 0 Å². The van der Waals surface area contributed by atoms with Crippen LogP contribution in [-0.2, 0) is 5.41 Å². The van der Waals surface area contributed by atoms with Gasteiger partial charge in [-0.1, -0.05) is 141 Å². The molecule has 0 heterocycles. The first-order chi connectivity index (χ1) is 25.3. The summed E-state index contributed by atoms with van der Waals surface area (Å²) in [5.74, 6) is 3.29. The van der Waals surface area contributed by atoms with Gasteiger partial charge in [-0.2, -0.15) is 0 Å². The zero-order valence-electron chi connectivity index (χ0n) is 29.6. The van der Waals surface area contributed by atoms with E-state index >= 15 is 0 Å². The van der Waals surface area contributed by atoms with Crippen molar-refractivity contribution in [3.8, 4) is 11.1 Å². The molecule has 4 aliphatic rings. The van der Waals surface area contributed by atoms with Gasteiger partial charge in [0, 0.05) is 17.1 Å². The molecule has 1 heteroatoms. The molecule has 0 amide bonds. The lowest BCUT2D eigenvalue weighted by atomic mass is 9.68. The van der Waals surface area contributed by atoms with Crippen LogP contribution in [0.1, 0.15) is 103 Å². The highest BCUT2D eigenvalue weighted by atomic mass is 15.1. The Morgan fingerprint density at radius 2 is 0.961 bits per heavy atom. The summed E-state index contributed by atoms with van der Waals surface area (Å²) in [6.45, 7) is 0. The maximum absolute atomic E-state index is 2.48. The van der Waals surface area contributed by atoms with Gasteiger partial charge >= 0.3 is 0 Å². The van der Waals surface area contributed by atoms with E-state index in [1.807, 2.05) is 0 Å². The SMILES string of the molecule is c1ccc(C2(c3ccc(N(c4ccc(C5CCCCC5)cc4)c4ccc(C5CC6CCC5C6)cc4)cc3)c3ccccc3-c3ccccc32)cc1. The van der Waals surface area contributed by atoms with Gasteiger partial charge in [0.1, 0.15) is 0 Å². The molecule has 0 saturated heterocycles. The van der Waals surface area contributed by atoms with E-state index in [0.29, 0.717) is 5.92 Å². The third-order valence-electron chi connectivity index (χ3n) is 13.3. The molecule has 1 nitrogen and oxygen atoms in total. The molecule has 4 aliphatic carbocycles. The monoisotopic (exact) mass is 661 g/mol. The predicted molar refractivity (Wildman–Crippen MR) is 212 cm³/mol. The molecule has 6 aromatic rings. The van der Waals surface area contributed by atoms with Crippen molar-refractivity contribution in [1.29, 1.82) is 0 Å².